The van der Waals surface area contributed by atoms with Gasteiger partial charge in [-0.2, -0.15) is 4.68 Å². The van der Waals surface area contributed by atoms with E-state index in [0.717, 1.165) is 12.1 Å². The fourth-order valence-corrected chi connectivity index (χ4v) is 4.04. The molecule has 0 bridgehead atoms. The van der Waals surface area contributed by atoms with Gasteiger partial charge in [0.05, 0.1) is 11.4 Å². The van der Waals surface area contributed by atoms with Gasteiger partial charge in [-0.3, -0.25) is 4.79 Å². The van der Waals surface area contributed by atoms with Gasteiger partial charge in [0, 0.05) is 5.54 Å². The van der Waals surface area contributed by atoms with Crippen molar-refractivity contribution in [3.63, 3.8) is 0 Å². The molecule has 148 valence electrons. The van der Waals surface area contributed by atoms with E-state index in [1.54, 1.807) is 4.68 Å². The van der Waals surface area contributed by atoms with Crippen LogP contribution in [0.25, 0.3) is 5.69 Å². The Hall–Kier alpha value is -1.89. The van der Waals surface area contributed by atoms with Crippen LogP contribution in [0.3, 0.4) is 0 Å². The predicted octanol–water partition coefficient (Wildman–Crippen LogP) is 4.21. The van der Waals surface area contributed by atoms with E-state index in [1.807, 2.05) is 12.1 Å². The Morgan fingerprint density at radius 3 is 2.33 bits per heavy atom. The molecule has 0 saturated carbocycles. The van der Waals surface area contributed by atoms with Gasteiger partial charge in [-0.15, -0.1) is 5.10 Å². The van der Waals surface area contributed by atoms with Crippen molar-refractivity contribution in [2.75, 3.05) is 5.75 Å². The van der Waals surface area contributed by atoms with Crippen LogP contribution in [0.5, 0.6) is 0 Å². The number of amides is 1. The maximum Gasteiger partial charge on any atom is 0.230 e. The molecule has 27 heavy (non-hydrogen) atoms. The molecule has 6 nitrogen and oxygen atoms in total. The molecule has 0 aliphatic heterocycles. The Labute approximate surface area is 166 Å². The summed E-state index contributed by atoms with van der Waals surface area (Å²) in [6.45, 7) is 15.0. The second-order valence-electron chi connectivity index (χ2n) is 9.08. The second-order valence-corrected chi connectivity index (χ2v) is 10.0. The average molecular weight is 390 g/mol. The summed E-state index contributed by atoms with van der Waals surface area (Å²) in [7, 11) is 0. The van der Waals surface area contributed by atoms with E-state index in [2.05, 4.69) is 81.4 Å². The number of aromatic nitrogens is 4. The first-order chi connectivity index (χ1) is 12.5. The van der Waals surface area contributed by atoms with Gasteiger partial charge < -0.3 is 5.32 Å². The summed E-state index contributed by atoms with van der Waals surface area (Å²) in [4.78, 5) is 12.4. The third-order valence-electron chi connectivity index (χ3n) is 4.03. The summed E-state index contributed by atoms with van der Waals surface area (Å²) in [5, 5.41) is 15.6. The molecule has 0 unspecified atom stereocenters. The van der Waals surface area contributed by atoms with E-state index in [-0.39, 0.29) is 22.6 Å². The molecule has 1 aromatic heterocycles. The van der Waals surface area contributed by atoms with Crippen molar-refractivity contribution >= 4 is 17.7 Å². The largest absolute Gasteiger partial charge is 0.350 e. The third-order valence-corrected chi connectivity index (χ3v) is 4.95. The topological polar surface area (TPSA) is 72.7 Å². The number of carbonyl (C=O) groups is 1. The first kappa shape index (κ1) is 21.4. The van der Waals surface area contributed by atoms with E-state index in [9.17, 15) is 4.79 Å². The summed E-state index contributed by atoms with van der Waals surface area (Å²) in [6, 6.07) is 8.17. The van der Waals surface area contributed by atoms with Gasteiger partial charge in [-0.1, -0.05) is 58.5 Å². The Morgan fingerprint density at radius 1 is 1.15 bits per heavy atom. The number of rotatable bonds is 7. The minimum atomic E-state index is -0.255. The summed E-state index contributed by atoms with van der Waals surface area (Å²) in [5.41, 5.74) is 2.05. The molecule has 0 spiro atoms. The van der Waals surface area contributed by atoms with E-state index < -0.39 is 0 Å². The zero-order valence-corrected chi connectivity index (χ0v) is 18.2. The SMILES string of the molecule is CC(C)c1ccc(-n2nnnc2SCC(=O)NC(C)(C)CC(C)(C)C)cc1. The molecule has 1 amide bonds. The number of nitrogens with zero attached hydrogens (tertiary/aromatic N) is 4. The molecule has 0 aliphatic rings. The first-order valence-electron chi connectivity index (χ1n) is 9.29. The van der Waals surface area contributed by atoms with Crippen LogP contribution in [0.2, 0.25) is 0 Å². The second kappa shape index (κ2) is 8.42. The lowest BCUT2D eigenvalue weighted by molar-refractivity contribution is -0.120. The van der Waals surface area contributed by atoms with Crippen molar-refractivity contribution in [1.29, 1.82) is 0 Å². The van der Waals surface area contributed by atoms with Gasteiger partial charge in [0.15, 0.2) is 0 Å². The van der Waals surface area contributed by atoms with Crippen molar-refractivity contribution in [3.8, 4) is 5.69 Å². The third kappa shape index (κ3) is 6.65. The molecule has 0 atom stereocenters. The molecule has 1 aromatic carbocycles. The molecule has 1 heterocycles. The van der Waals surface area contributed by atoms with Gasteiger partial charge in [0.1, 0.15) is 0 Å². The summed E-state index contributed by atoms with van der Waals surface area (Å²) in [6.07, 6.45) is 0.899. The van der Waals surface area contributed by atoms with Crippen molar-refractivity contribution in [3.05, 3.63) is 29.8 Å². The van der Waals surface area contributed by atoms with Crippen LogP contribution in [-0.4, -0.2) is 37.4 Å². The Morgan fingerprint density at radius 2 is 1.78 bits per heavy atom. The monoisotopic (exact) mass is 389 g/mol. The maximum atomic E-state index is 12.4. The Balaban J connectivity index is 1.99. The lowest BCUT2D eigenvalue weighted by Gasteiger charge is -2.33. The number of benzene rings is 1. The van der Waals surface area contributed by atoms with Crippen LogP contribution in [0.15, 0.2) is 29.4 Å². The number of nitrogens with one attached hydrogen (secondary N) is 1. The molecular weight excluding hydrogens is 358 g/mol. The molecule has 7 heteroatoms. The lowest BCUT2D eigenvalue weighted by Crippen LogP contribution is -2.46. The Bertz CT molecular complexity index is 759. The standard InChI is InChI=1S/C20H31N5OS/c1-14(2)15-8-10-16(11-9-15)25-18(22-23-24-25)27-12-17(26)21-20(6,7)13-19(3,4)5/h8-11,14H,12-13H2,1-7H3,(H,21,26). The van der Waals surface area contributed by atoms with Gasteiger partial charge in [0.25, 0.3) is 0 Å². The fraction of sp³-hybridized carbons (Fsp3) is 0.600. The highest BCUT2D eigenvalue weighted by Gasteiger charge is 2.27. The molecule has 0 aliphatic carbocycles. The van der Waals surface area contributed by atoms with E-state index >= 15 is 0 Å². The molecule has 1 N–H and O–H groups in total. The molecule has 2 rings (SSSR count). The highest BCUT2D eigenvalue weighted by Crippen LogP contribution is 2.27. The molecule has 0 fully saturated rings. The summed E-state index contributed by atoms with van der Waals surface area (Å²) >= 11 is 1.34. The van der Waals surface area contributed by atoms with Crippen LogP contribution in [0.4, 0.5) is 0 Å². The average Bonchev–Trinajstić information content (AvgIpc) is 2.98. The van der Waals surface area contributed by atoms with Crippen LogP contribution < -0.4 is 5.32 Å². The normalized spacial score (nSPS) is 12.4. The Kier molecular flexibility index (Phi) is 6.68. The predicted molar refractivity (Wildman–Crippen MR) is 110 cm³/mol. The van der Waals surface area contributed by atoms with Crippen molar-refractivity contribution in [1.82, 2.24) is 25.5 Å². The van der Waals surface area contributed by atoms with E-state index in [1.165, 1.54) is 17.3 Å². The van der Waals surface area contributed by atoms with Gasteiger partial charge in [0.2, 0.25) is 11.1 Å². The van der Waals surface area contributed by atoms with Crippen LogP contribution in [-0.2, 0) is 4.79 Å². The molecule has 2 aromatic rings. The van der Waals surface area contributed by atoms with Crippen molar-refractivity contribution < 1.29 is 4.79 Å². The molecule has 0 radical (unpaired) electrons. The number of hydrogen-bond acceptors (Lipinski definition) is 5. The number of carbonyl (C=O) groups excluding carboxylic acids is 1. The van der Waals surface area contributed by atoms with Crippen molar-refractivity contribution in [2.45, 2.75) is 71.5 Å². The maximum absolute atomic E-state index is 12.4. The van der Waals surface area contributed by atoms with E-state index in [0.29, 0.717) is 11.1 Å². The zero-order chi connectivity index (χ0) is 20.2. The van der Waals surface area contributed by atoms with Gasteiger partial charge in [-0.25, -0.2) is 0 Å². The van der Waals surface area contributed by atoms with Crippen molar-refractivity contribution in [2.24, 2.45) is 5.41 Å². The van der Waals surface area contributed by atoms with Gasteiger partial charge in [-0.05, 0) is 59.7 Å². The molecular formula is C20H31N5OS. The lowest BCUT2D eigenvalue weighted by atomic mass is 9.82. The zero-order valence-electron chi connectivity index (χ0n) is 17.4. The van der Waals surface area contributed by atoms with Crippen LogP contribution in [0.1, 0.15) is 66.4 Å². The number of tetrazole rings is 1. The molecule has 0 saturated heterocycles. The smallest absolute Gasteiger partial charge is 0.230 e. The quantitative estimate of drug-likeness (QED) is 0.718. The minimum Gasteiger partial charge on any atom is -0.350 e. The number of hydrogen-bond donors (Lipinski definition) is 1. The first-order valence-corrected chi connectivity index (χ1v) is 10.3. The number of thioether (sulfide) groups is 1. The van der Waals surface area contributed by atoms with E-state index in [4.69, 9.17) is 0 Å². The summed E-state index contributed by atoms with van der Waals surface area (Å²) in [5.74, 6) is 0.735. The van der Waals surface area contributed by atoms with Crippen LogP contribution in [0, 0.1) is 5.41 Å². The minimum absolute atomic E-state index is 0.0149. The highest BCUT2D eigenvalue weighted by molar-refractivity contribution is 7.99. The fourth-order valence-electron chi connectivity index (χ4n) is 3.35. The summed E-state index contributed by atoms with van der Waals surface area (Å²) < 4.78 is 1.67. The van der Waals surface area contributed by atoms with Gasteiger partial charge >= 0.3 is 0 Å². The van der Waals surface area contributed by atoms with Crippen LogP contribution >= 0.6 is 11.8 Å². The highest BCUT2D eigenvalue weighted by atomic mass is 32.2.